The molecule has 2 atom stereocenters. The third-order valence-corrected chi connectivity index (χ3v) is 10.1. The van der Waals surface area contributed by atoms with Crippen LogP contribution in [0, 0.1) is 6.92 Å². The Balaban J connectivity index is 1.25. The Hall–Kier alpha value is -5.11. The van der Waals surface area contributed by atoms with Gasteiger partial charge in [0, 0.05) is 36.7 Å². The summed E-state index contributed by atoms with van der Waals surface area (Å²) in [6, 6.07) is 32.3. The summed E-state index contributed by atoms with van der Waals surface area (Å²) >= 11 is 0. The molecule has 1 aliphatic heterocycles. The second kappa shape index (κ2) is 15.4. The number of hydrogen-bond donors (Lipinski definition) is 1. The zero-order chi connectivity index (χ0) is 36.1. The number of anilines is 1. The molecule has 1 saturated carbocycles. The molecule has 0 spiro atoms. The van der Waals surface area contributed by atoms with E-state index in [2.05, 4.69) is 72.6 Å². The number of amides is 3. The van der Waals surface area contributed by atoms with Crippen molar-refractivity contribution in [3.8, 4) is 16.9 Å². The lowest BCUT2D eigenvalue weighted by atomic mass is 9.78. The zero-order valence-corrected chi connectivity index (χ0v) is 30.4. The summed E-state index contributed by atoms with van der Waals surface area (Å²) in [6.45, 7) is 10.1. The number of aryl methyl sites for hydroxylation is 1. The van der Waals surface area contributed by atoms with Crippen molar-refractivity contribution in [2.45, 2.75) is 90.5 Å². The normalized spacial score (nSPS) is 18.1. The molecule has 1 heterocycles. The van der Waals surface area contributed by atoms with Crippen LogP contribution in [0.1, 0.15) is 86.3 Å². The van der Waals surface area contributed by atoms with Crippen molar-refractivity contribution in [2.24, 2.45) is 0 Å². The maximum absolute atomic E-state index is 14.8. The molecule has 1 aliphatic carbocycles. The number of fused-ring (bicyclic) bond motifs is 1. The van der Waals surface area contributed by atoms with Crippen molar-refractivity contribution < 1.29 is 23.9 Å². The molecule has 0 aromatic heterocycles. The van der Waals surface area contributed by atoms with E-state index in [9.17, 15) is 14.4 Å². The van der Waals surface area contributed by atoms with Crippen LogP contribution in [0.3, 0.4) is 0 Å². The van der Waals surface area contributed by atoms with Crippen LogP contribution in [-0.2, 0) is 16.1 Å². The van der Waals surface area contributed by atoms with Gasteiger partial charge in [-0.05, 0) is 87.4 Å². The SMILES string of the molecule is Cc1cc2c(cc1C(=O)N(C(C)C)[C@H]1CCCC[C@@H]1c1cccc(-c3ccccc3)c1)N(CCNC(=O)OCc1ccccc1)C(=O)C(C)(C)O2. The fraction of sp³-hybridized carbons (Fsp3) is 0.372. The number of carbonyl (C=O) groups is 3. The predicted molar refractivity (Wildman–Crippen MR) is 201 cm³/mol. The Labute approximate surface area is 301 Å². The van der Waals surface area contributed by atoms with Crippen molar-refractivity contribution in [3.63, 3.8) is 0 Å². The average molecular weight is 688 g/mol. The van der Waals surface area contributed by atoms with Crippen LogP contribution in [-0.4, -0.2) is 53.6 Å². The molecule has 1 N–H and O–H groups in total. The second-order valence-electron chi connectivity index (χ2n) is 14.4. The van der Waals surface area contributed by atoms with Crippen molar-refractivity contribution in [1.82, 2.24) is 10.2 Å². The van der Waals surface area contributed by atoms with Gasteiger partial charge in [-0.15, -0.1) is 0 Å². The minimum atomic E-state index is -1.12. The number of nitrogens with zero attached hydrogens (tertiary/aromatic N) is 2. The number of ether oxygens (including phenoxy) is 2. The monoisotopic (exact) mass is 687 g/mol. The van der Waals surface area contributed by atoms with E-state index in [1.165, 1.54) is 16.7 Å². The quantitative estimate of drug-likeness (QED) is 0.180. The van der Waals surface area contributed by atoms with Crippen LogP contribution in [0.5, 0.6) is 5.75 Å². The standard InChI is InChI=1S/C43H49N3O5/c1-29(2)46(37-22-13-12-21-35(37)34-20-14-19-33(26-34)32-17-10-7-11-18-32)40(47)36-27-38-39(25-30(36)3)51-43(4,5)41(48)45(38)24-23-44-42(49)50-28-31-15-8-6-9-16-31/h6-11,14-20,25-27,29,35,37H,12-13,21-24,28H2,1-5H3,(H,44,49)/t35-,37+/m1/s1. The summed E-state index contributed by atoms with van der Waals surface area (Å²) in [5.41, 5.74) is 5.23. The average Bonchev–Trinajstić information content (AvgIpc) is 3.13. The first-order chi connectivity index (χ1) is 24.5. The highest BCUT2D eigenvalue weighted by Crippen LogP contribution is 2.42. The largest absolute Gasteiger partial charge is 0.476 e. The molecule has 1 fully saturated rings. The first-order valence-corrected chi connectivity index (χ1v) is 18.1. The molecule has 0 bridgehead atoms. The number of hydrogen-bond acceptors (Lipinski definition) is 5. The second-order valence-corrected chi connectivity index (χ2v) is 14.4. The van der Waals surface area contributed by atoms with E-state index in [0.29, 0.717) is 17.0 Å². The van der Waals surface area contributed by atoms with Crippen molar-refractivity contribution in [2.75, 3.05) is 18.0 Å². The van der Waals surface area contributed by atoms with Gasteiger partial charge in [0.1, 0.15) is 12.4 Å². The molecule has 0 saturated heterocycles. The number of rotatable bonds is 10. The zero-order valence-electron chi connectivity index (χ0n) is 30.4. The summed E-state index contributed by atoms with van der Waals surface area (Å²) in [5, 5.41) is 2.77. The van der Waals surface area contributed by atoms with E-state index in [4.69, 9.17) is 9.47 Å². The maximum Gasteiger partial charge on any atom is 0.407 e. The van der Waals surface area contributed by atoms with E-state index < -0.39 is 11.7 Å². The number of alkyl carbamates (subject to hydrolysis) is 1. The van der Waals surface area contributed by atoms with Crippen molar-refractivity contribution in [3.05, 3.63) is 119 Å². The summed E-state index contributed by atoms with van der Waals surface area (Å²) in [4.78, 5) is 44.7. The molecule has 3 amide bonds. The minimum absolute atomic E-state index is 0.0201. The van der Waals surface area contributed by atoms with Gasteiger partial charge in [0.25, 0.3) is 11.8 Å². The Morgan fingerprint density at radius 2 is 1.61 bits per heavy atom. The van der Waals surface area contributed by atoms with Gasteiger partial charge in [-0.2, -0.15) is 0 Å². The summed E-state index contributed by atoms with van der Waals surface area (Å²) < 4.78 is 11.6. The van der Waals surface area contributed by atoms with Crippen LogP contribution in [0.25, 0.3) is 11.1 Å². The summed E-state index contributed by atoms with van der Waals surface area (Å²) in [5.74, 6) is 0.427. The van der Waals surface area contributed by atoms with E-state index in [1.807, 2.05) is 49.4 Å². The van der Waals surface area contributed by atoms with Crippen LogP contribution in [0.4, 0.5) is 10.5 Å². The molecule has 0 unspecified atom stereocenters. The maximum atomic E-state index is 14.8. The third-order valence-electron chi connectivity index (χ3n) is 10.1. The minimum Gasteiger partial charge on any atom is -0.476 e. The lowest BCUT2D eigenvalue weighted by molar-refractivity contribution is -0.132. The lowest BCUT2D eigenvalue weighted by Crippen LogP contribution is -2.54. The van der Waals surface area contributed by atoms with Gasteiger partial charge in [-0.3, -0.25) is 9.59 Å². The Morgan fingerprint density at radius 1 is 0.922 bits per heavy atom. The molecule has 0 radical (unpaired) electrons. The van der Waals surface area contributed by atoms with Gasteiger partial charge >= 0.3 is 6.09 Å². The topological polar surface area (TPSA) is 88.2 Å². The number of benzene rings is 4. The highest BCUT2D eigenvalue weighted by atomic mass is 16.5. The third kappa shape index (κ3) is 7.95. The summed E-state index contributed by atoms with van der Waals surface area (Å²) in [7, 11) is 0. The molecular weight excluding hydrogens is 638 g/mol. The molecule has 6 rings (SSSR count). The van der Waals surface area contributed by atoms with Crippen LogP contribution in [0.2, 0.25) is 0 Å². The first-order valence-electron chi connectivity index (χ1n) is 18.1. The molecule has 51 heavy (non-hydrogen) atoms. The van der Waals surface area contributed by atoms with Gasteiger partial charge in [0.05, 0.1) is 5.69 Å². The van der Waals surface area contributed by atoms with Crippen molar-refractivity contribution in [1.29, 1.82) is 0 Å². The van der Waals surface area contributed by atoms with E-state index in [-0.39, 0.29) is 49.5 Å². The number of carbonyl (C=O) groups excluding carboxylic acids is 3. The smallest absolute Gasteiger partial charge is 0.407 e. The van der Waals surface area contributed by atoms with Crippen molar-refractivity contribution >= 4 is 23.6 Å². The molecule has 8 heteroatoms. The number of nitrogens with one attached hydrogen (secondary N) is 1. The lowest BCUT2D eigenvalue weighted by Gasteiger charge is -2.43. The van der Waals surface area contributed by atoms with Gasteiger partial charge in [0.15, 0.2) is 5.60 Å². The van der Waals surface area contributed by atoms with Gasteiger partial charge in [0.2, 0.25) is 0 Å². The van der Waals surface area contributed by atoms with Crippen LogP contribution < -0.4 is 15.0 Å². The molecule has 8 nitrogen and oxygen atoms in total. The van der Waals surface area contributed by atoms with E-state index in [0.717, 1.165) is 36.8 Å². The molecule has 4 aromatic carbocycles. The van der Waals surface area contributed by atoms with E-state index >= 15 is 0 Å². The predicted octanol–water partition coefficient (Wildman–Crippen LogP) is 8.67. The van der Waals surface area contributed by atoms with Crippen LogP contribution in [0.15, 0.2) is 97.1 Å². The Kier molecular flexibility index (Phi) is 10.8. The Bertz CT molecular complexity index is 1860. The van der Waals surface area contributed by atoms with E-state index in [1.54, 1.807) is 24.8 Å². The molecule has 2 aliphatic rings. The molecule has 266 valence electrons. The Morgan fingerprint density at radius 3 is 2.33 bits per heavy atom. The van der Waals surface area contributed by atoms with Crippen LogP contribution >= 0.6 is 0 Å². The first kappa shape index (κ1) is 35.7. The fourth-order valence-electron chi connectivity index (χ4n) is 7.53. The molecular formula is C43H49N3O5. The van der Waals surface area contributed by atoms with Gasteiger partial charge in [-0.1, -0.05) is 97.8 Å². The van der Waals surface area contributed by atoms with Gasteiger partial charge < -0.3 is 24.6 Å². The summed E-state index contributed by atoms with van der Waals surface area (Å²) in [6.07, 6.45) is 3.54. The molecule has 4 aromatic rings. The highest BCUT2D eigenvalue weighted by molar-refractivity contribution is 6.05. The van der Waals surface area contributed by atoms with Gasteiger partial charge in [-0.25, -0.2) is 4.79 Å². The fourth-order valence-corrected chi connectivity index (χ4v) is 7.53. The highest BCUT2D eigenvalue weighted by Gasteiger charge is 2.42.